The number of carbonyl (C=O) groups is 2. The molecular formula is C22H17NO4. The number of carboxylic acid groups (broad SMARTS) is 1. The molecule has 5 nitrogen and oxygen atoms in total. The Hall–Kier alpha value is -3.60. The highest BCUT2D eigenvalue weighted by molar-refractivity contribution is 6.03. The largest absolute Gasteiger partial charge is 0.478 e. The molecule has 1 aliphatic rings. The molecule has 0 saturated carbocycles. The number of nitrogen functional groups attached to an aromatic ring is 1. The van der Waals surface area contributed by atoms with Crippen LogP contribution in [0.25, 0.3) is 11.1 Å². The molecule has 0 aromatic heterocycles. The van der Waals surface area contributed by atoms with Crippen molar-refractivity contribution in [3.63, 3.8) is 0 Å². The molecule has 0 amide bonds. The third-order valence-corrected chi connectivity index (χ3v) is 4.84. The molecule has 0 unspecified atom stereocenters. The Labute approximate surface area is 156 Å². The van der Waals surface area contributed by atoms with E-state index in [1.807, 2.05) is 36.4 Å². The number of fused-ring (bicyclic) bond motifs is 3. The van der Waals surface area contributed by atoms with Crippen LogP contribution in [0.4, 0.5) is 5.69 Å². The molecule has 4 rings (SSSR count). The van der Waals surface area contributed by atoms with Crippen molar-refractivity contribution in [2.24, 2.45) is 0 Å². The van der Waals surface area contributed by atoms with Gasteiger partial charge in [-0.1, -0.05) is 48.5 Å². The second-order valence-electron chi connectivity index (χ2n) is 6.44. The summed E-state index contributed by atoms with van der Waals surface area (Å²) >= 11 is 0. The van der Waals surface area contributed by atoms with Gasteiger partial charge in [-0.2, -0.15) is 0 Å². The number of hydrogen-bond acceptors (Lipinski definition) is 4. The van der Waals surface area contributed by atoms with E-state index in [4.69, 9.17) is 10.5 Å². The van der Waals surface area contributed by atoms with Crippen LogP contribution in [0.1, 0.15) is 37.8 Å². The Morgan fingerprint density at radius 3 is 2.07 bits per heavy atom. The quantitative estimate of drug-likeness (QED) is 0.544. The second kappa shape index (κ2) is 6.61. The molecule has 0 heterocycles. The molecule has 0 saturated heterocycles. The zero-order valence-electron chi connectivity index (χ0n) is 14.4. The summed E-state index contributed by atoms with van der Waals surface area (Å²) < 4.78 is 5.51. The Balaban J connectivity index is 1.62. The van der Waals surface area contributed by atoms with Gasteiger partial charge in [0.15, 0.2) is 0 Å². The van der Waals surface area contributed by atoms with Crippen molar-refractivity contribution in [3.05, 3.63) is 89.0 Å². The smallest absolute Gasteiger partial charge is 0.339 e. The van der Waals surface area contributed by atoms with Gasteiger partial charge in [-0.05, 0) is 40.5 Å². The molecule has 0 aliphatic heterocycles. The average Bonchev–Trinajstić information content (AvgIpc) is 3.00. The predicted octanol–water partition coefficient (Wildman–Crippen LogP) is 3.94. The van der Waals surface area contributed by atoms with Crippen molar-refractivity contribution in [1.29, 1.82) is 0 Å². The van der Waals surface area contributed by atoms with Crippen molar-refractivity contribution < 1.29 is 19.4 Å². The second-order valence-corrected chi connectivity index (χ2v) is 6.44. The van der Waals surface area contributed by atoms with Crippen molar-refractivity contribution in [2.75, 3.05) is 12.3 Å². The number of anilines is 1. The van der Waals surface area contributed by atoms with E-state index >= 15 is 0 Å². The molecule has 134 valence electrons. The molecular weight excluding hydrogens is 342 g/mol. The van der Waals surface area contributed by atoms with Crippen LogP contribution in [-0.2, 0) is 4.74 Å². The fourth-order valence-corrected chi connectivity index (χ4v) is 3.59. The minimum Gasteiger partial charge on any atom is -0.478 e. The predicted molar refractivity (Wildman–Crippen MR) is 102 cm³/mol. The van der Waals surface area contributed by atoms with Crippen molar-refractivity contribution in [1.82, 2.24) is 0 Å². The van der Waals surface area contributed by atoms with Gasteiger partial charge in [0.2, 0.25) is 0 Å². The zero-order valence-corrected chi connectivity index (χ0v) is 14.4. The average molecular weight is 359 g/mol. The van der Waals surface area contributed by atoms with E-state index in [-0.39, 0.29) is 23.7 Å². The van der Waals surface area contributed by atoms with E-state index < -0.39 is 11.9 Å². The normalized spacial score (nSPS) is 12.3. The molecule has 0 bridgehead atoms. The highest BCUT2D eigenvalue weighted by atomic mass is 16.5. The van der Waals surface area contributed by atoms with Gasteiger partial charge in [0, 0.05) is 11.6 Å². The van der Waals surface area contributed by atoms with Crippen molar-refractivity contribution in [3.8, 4) is 11.1 Å². The van der Waals surface area contributed by atoms with Crippen molar-refractivity contribution in [2.45, 2.75) is 5.92 Å². The summed E-state index contributed by atoms with van der Waals surface area (Å²) in [7, 11) is 0. The highest BCUT2D eigenvalue weighted by Crippen LogP contribution is 2.44. The number of hydrogen-bond donors (Lipinski definition) is 2. The minimum absolute atomic E-state index is 0.0398. The van der Waals surface area contributed by atoms with Crippen LogP contribution in [0.3, 0.4) is 0 Å². The highest BCUT2D eigenvalue weighted by Gasteiger charge is 2.29. The van der Waals surface area contributed by atoms with Crippen LogP contribution in [0.2, 0.25) is 0 Å². The van der Waals surface area contributed by atoms with Gasteiger partial charge in [-0.15, -0.1) is 0 Å². The summed E-state index contributed by atoms with van der Waals surface area (Å²) in [6, 6.07) is 20.1. The van der Waals surface area contributed by atoms with Crippen LogP contribution in [0.15, 0.2) is 66.7 Å². The Morgan fingerprint density at radius 1 is 0.889 bits per heavy atom. The summed E-state index contributed by atoms with van der Waals surface area (Å²) in [4.78, 5) is 23.9. The number of carboxylic acids is 1. The lowest BCUT2D eigenvalue weighted by Gasteiger charge is -2.15. The first-order valence-electron chi connectivity index (χ1n) is 8.54. The van der Waals surface area contributed by atoms with Crippen LogP contribution in [0, 0.1) is 0 Å². The van der Waals surface area contributed by atoms with Gasteiger partial charge < -0.3 is 15.6 Å². The van der Waals surface area contributed by atoms with Gasteiger partial charge in [0.05, 0.1) is 11.1 Å². The summed E-state index contributed by atoms with van der Waals surface area (Å²) in [6.07, 6.45) is 0. The maximum atomic E-state index is 12.6. The monoisotopic (exact) mass is 359 g/mol. The fraction of sp³-hybridized carbons (Fsp3) is 0.0909. The molecule has 1 aliphatic carbocycles. The maximum Gasteiger partial charge on any atom is 0.339 e. The maximum absolute atomic E-state index is 12.6. The molecule has 0 radical (unpaired) electrons. The van der Waals surface area contributed by atoms with E-state index in [1.54, 1.807) is 0 Å². The number of benzene rings is 3. The number of rotatable bonds is 4. The molecule has 0 atom stereocenters. The molecule has 3 N–H and O–H groups in total. The van der Waals surface area contributed by atoms with E-state index in [9.17, 15) is 14.7 Å². The van der Waals surface area contributed by atoms with Gasteiger partial charge in [-0.25, -0.2) is 9.59 Å². The zero-order chi connectivity index (χ0) is 19.0. The Morgan fingerprint density at radius 2 is 1.48 bits per heavy atom. The number of aromatic carboxylic acids is 1. The van der Waals surface area contributed by atoms with E-state index in [2.05, 4.69) is 12.1 Å². The minimum atomic E-state index is -1.20. The first-order chi connectivity index (χ1) is 13.1. The van der Waals surface area contributed by atoms with Crippen LogP contribution in [0.5, 0.6) is 0 Å². The summed E-state index contributed by atoms with van der Waals surface area (Å²) in [5.41, 5.74) is 10.3. The fourth-order valence-electron chi connectivity index (χ4n) is 3.59. The summed E-state index contributed by atoms with van der Waals surface area (Å²) in [6.45, 7) is 0.126. The van der Waals surface area contributed by atoms with Crippen molar-refractivity contribution >= 4 is 17.6 Å². The van der Waals surface area contributed by atoms with Gasteiger partial charge in [0.25, 0.3) is 0 Å². The lowest BCUT2D eigenvalue weighted by atomic mass is 9.98. The van der Waals surface area contributed by atoms with Crippen LogP contribution in [-0.4, -0.2) is 23.7 Å². The van der Waals surface area contributed by atoms with E-state index in [1.165, 1.54) is 18.2 Å². The number of nitrogens with two attached hydrogens (primary N) is 1. The first kappa shape index (κ1) is 16.8. The summed E-state index contributed by atoms with van der Waals surface area (Å²) in [5.74, 6) is -1.98. The first-order valence-corrected chi connectivity index (χ1v) is 8.54. The number of esters is 1. The standard InChI is InChI=1S/C22H17NO4/c23-13-9-10-18(21(24)25)19(11-13)22(26)27-12-20-16-7-3-1-5-14(16)15-6-2-4-8-17(15)20/h1-11,20H,12,23H2,(H,24,25). The van der Waals surface area contributed by atoms with E-state index in [0.29, 0.717) is 5.69 Å². The Kier molecular flexibility index (Phi) is 4.12. The van der Waals surface area contributed by atoms with Crippen LogP contribution >= 0.6 is 0 Å². The molecule has 0 spiro atoms. The van der Waals surface area contributed by atoms with Gasteiger partial charge in [-0.3, -0.25) is 0 Å². The molecule has 0 fully saturated rings. The summed E-state index contributed by atoms with van der Waals surface area (Å²) in [5, 5.41) is 9.30. The lowest BCUT2D eigenvalue weighted by Crippen LogP contribution is -2.16. The van der Waals surface area contributed by atoms with Crippen LogP contribution < -0.4 is 5.73 Å². The molecule has 3 aromatic rings. The SMILES string of the molecule is Nc1ccc(C(=O)O)c(C(=O)OCC2c3ccccc3-c3ccccc32)c1. The lowest BCUT2D eigenvalue weighted by molar-refractivity contribution is 0.0483. The Bertz CT molecular complexity index is 1010. The number of ether oxygens (including phenoxy) is 1. The number of carbonyl (C=O) groups excluding carboxylic acids is 1. The third kappa shape index (κ3) is 2.93. The van der Waals surface area contributed by atoms with Gasteiger partial charge >= 0.3 is 11.9 Å². The molecule has 5 heteroatoms. The van der Waals surface area contributed by atoms with E-state index in [0.717, 1.165) is 22.3 Å². The third-order valence-electron chi connectivity index (χ3n) is 4.84. The molecule has 27 heavy (non-hydrogen) atoms. The topological polar surface area (TPSA) is 89.6 Å². The molecule has 3 aromatic carbocycles. The van der Waals surface area contributed by atoms with Gasteiger partial charge in [0.1, 0.15) is 6.61 Å².